The average molecular weight is 438 g/mol. The molecule has 1 atom stereocenters. The fraction of sp³-hybridized carbons (Fsp3) is 0.222. The van der Waals surface area contributed by atoms with Gasteiger partial charge in [-0.25, -0.2) is 17.8 Å². The first-order chi connectivity index (χ1) is 13.4. The van der Waals surface area contributed by atoms with Gasteiger partial charge in [0.2, 0.25) is 15.9 Å². The van der Waals surface area contributed by atoms with Gasteiger partial charge in [-0.3, -0.25) is 4.79 Å². The predicted octanol–water partition coefficient (Wildman–Crippen LogP) is 3.80. The molecule has 1 saturated heterocycles. The summed E-state index contributed by atoms with van der Waals surface area (Å²) in [6.45, 7) is 0.246. The van der Waals surface area contributed by atoms with Crippen LogP contribution in [0.15, 0.2) is 52.1 Å². The Balaban J connectivity index is 1.51. The number of carbonyl (C=O) groups is 1. The lowest BCUT2D eigenvalue weighted by atomic mass is 10.2. The zero-order valence-corrected chi connectivity index (χ0v) is 17.0. The second-order valence-electron chi connectivity index (χ2n) is 6.23. The molecule has 0 saturated carbocycles. The molecule has 2 aromatic heterocycles. The molecule has 6 nitrogen and oxygen atoms in total. The van der Waals surface area contributed by atoms with E-state index in [1.54, 1.807) is 11.3 Å². The van der Waals surface area contributed by atoms with Crippen molar-refractivity contribution in [2.45, 2.75) is 23.8 Å². The van der Waals surface area contributed by atoms with Crippen LogP contribution in [0.3, 0.4) is 0 Å². The fourth-order valence-corrected chi connectivity index (χ4v) is 6.22. The Bertz CT molecular complexity index is 1080. The van der Waals surface area contributed by atoms with Crippen LogP contribution in [0.5, 0.6) is 0 Å². The minimum Gasteiger partial charge on any atom is -0.301 e. The molecule has 1 N–H and O–H groups in total. The normalized spacial score (nSPS) is 17.7. The van der Waals surface area contributed by atoms with E-state index in [1.165, 1.54) is 27.8 Å². The molecule has 1 fully saturated rings. The first-order valence-corrected chi connectivity index (χ1v) is 11.7. The van der Waals surface area contributed by atoms with Gasteiger partial charge in [0.15, 0.2) is 5.13 Å². The molecular weight excluding hydrogens is 421 g/mol. The van der Waals surface area contributed by atoms with Gasteiger partial charge < -0.3 is 5.32 Å². The van der Waals surface area contributed by atoms with Gasteiger partial charge in [0.25, 0.3) is 0 Å². The standard InChI is InChI=1S/C18H16FN3O3S3/c19-12-5-7-13(8-6-12)28(24,25)22-9-1-3-15(22)17(23)21-18-20-14(11-27-18)16-4-2-10-26-16/h2,4-8,10-11,15H,1,3,9H2,(H,20,21,23). The summed E-state index contributed by atoms with van der Waals surface area (Å²) in [4.78, 5) is 18.1. The Morgan fingerprint density at radius 3 is 2.71 bits per heavy atom. The number of amides is 1. The van der Waals surface area contributed by atoms with Crippen molar-refractivity contribution in [3.63, 3.8) is 0 Å². The second kappa shape index (κ2) is 7.70. The van der Waals surface area contributed by atoms with Crippen molar-refractivity contribution < 1.29 is 17.6 Å². The third-order valence-corrected chi connectivity index (χ3v) is 8.01. The smallest absolute Gasteiger partial charge is 0.244 e. The summed E-state index contributed by atoms with van der Waals surface area (Å²) in [5.41, 5.74) is 0.775. The van der Waals surface area contributed by atoms with E-state index in [9.17, 15) is 17.6 Å². The topological polar surface area (TPSA) is 79.4 Å². The number of aromatic nitrogens is 1. The Kier molecular flexibility index (Phi) is 5.28. The van der Waals surface area contributed by atoms with Crippen LogP contribution in [-0.2, 0) is 14.8 Å². The van der Waals surface area contributed by atoms with Crippen LogP contribution in [0.2, 0.25) is 0 Å². The van der Waals surface area contributed by atoms with Crippen molar-refractivity contribution in [2.24, 2.45) is 0 Å². The van der Waals surface area contributed by atoms with Crippen LogP contribution in [0, 0.1) is 5.82 Å². The van der Waals surface area contributed by atoms with E-state index in [1.807, 2.05) is 22.9 Å². The highest BCUT2D eigenvalue weighted by molar-refractivity contribution is 7.89. The molecule has 0 bridgehead atoms. The van der Waals surface area contributed by atoms with Gasteiger partial charge in [0.05, 0.1) is 15.5 Å². The number of carbonyl (C=O) groups excluding carboxylic acids is 1. The molecule has 0 spiro atoms. The van der Waals surface area contributed by atoms with Crippen LogP contribution in [-0.4, -0.2) is 36.2 Å². The molecule has 1 aromatic carbocycles. The zero-order chi connectivity index (χ0) is 19.7. The van der Waals surface area contributed by atoms with Gasteiger partial charge in [-0.1, -0.05) is 6.07 Å². The van der Waals surface area contributed by atoms with E-state index in [-0.39, 0.29) is 11.4 Å². The summed E-state index contributed by atoms with van der Waals surface area (Å²) in [5.74, 6) is -0.921. The lowest BCUT2D eigenvalue weighted by Crippen LogP contribution is -2.43. The number of hydrogen-bond donors (Lipinski definition) is 1. The summed E-state index contributed by atoms with van der Waals surface area (Å²) in [5, 5.41) is 6.96. The first kappa shape index (κ1) is 19.2. The van der Waals surface area contributed by atoms with E-state index in [0.717, 1.165) is 22.7 Å². The lowest BCUT2D eigenvalue weighted by molar-refractivity contribution is -0.119. The van der Waals surface area contributed by atoms with E-state index in [4.69, 9.17) is 0 Å². The molecule has 0 aliphatic carbocycles. The molecule has 1 amide bonds. The van der Waals surface area contributed by atoms with Gasteiger partial charge in [-0.05, 0) is 48.6 Å². The van der Waals surface area contributed by atoms with E-state index in [0.29, 0.717) is 18.0 Å². The Labute approximate surface area is 169 Å². The third-order valence-electron chi connectivity index (χ3n) is 4.43. The quantitative estimate of drug-likeness (QED) is 0.658. The summed E-state index contributed by atoms with van der Waals surface area (Å²) >= 11 is 2.85. The third kappa shape index (κ3) is 3.72. The molecule has 146 valence electrons. The maximum Gasteiger partial charge on any atom is 0.244 e. The molecule has 1 aliphatic rings. The number of sulfonamides is 1. The van der Waals surface area contributed by atoms with Crippen molar-refractivity contribution in [1.29, 1.82) is 0 Å². The van der Waals surface area contributed by atoms with Gasteiger partial charge in [0.1, 0.15) is 11.9 Å². The van der Waals surface area contributed by atoms with Crippen molar-refractivity contribution >= 4 is 43.7 Å². The lowest BCUT2D eigenvalue weighted by Gasteiger charge is -2.23. The van der Waals surface area contributed by atoms with E-state index < -0.39 is 27.8 Å². The van der Waals surface area contributed by atoms with Gasteiger partial charge in [-0.2, -0.15) is 4.31 Å². The molecule has 3 heterocycles. The van der Waals surface area contributed by atoms with Crippen molar-refractivity contribution in [2.75, 3.05) is 11.9 Å². The molecule has 10 heteroatoms. The average Bonchev–Trinajstić information content (AvgIpc) is 3.42. The number of hydrogen-bond acceptors (Lipinski definition) is 6. The highest BCUT2D eigenvalue weighted by atomic mass is 32.2. The summed E-state index contributed by atoms with van der Waals surface area (Å²) in [7, 11) is -3.88. The number of thiazole rings is 1. The first-order valence-electron chi connectivity index (χ1n) is 8.53. The van der Waals surface area contributed by atoms with Crippen LogP contribution >= 0.6 is 22.7 Å². The SMILES string of the molecule is O=C(Nc1nc(-c2cccs2)cs1)C1CCCN1S(=O)(=O)c1ccc(F)cc1. The van der Waals surface area contributed by atoms with Crippen LogP contribution < -0.4 is 5.32 Å². The van der Waals surface area contributed by atoms with Gasteiger partial charge in [-0.15, -0.1) is 22.7 Å². The number of thiophene rings is 1. The fourth-order valence-electron chi connectivity index (χ4n) is 3.09. The highest BCUT2D eigenvalue weighted by Crippen LogP contribution is 2.30. The Morgan fingerprint density at radius 2 is 2.00 bits per heavy atom. The molecule has 1 aliphatic heterocycles. The zero-order valence-electron chi connectivity index (χ0n) is 14.5. The monoisotopic (exact) mass is 437 g/mol. The number of nitrogens with zero attached hydrogens (tertiary/aromatic N) is 2. The minimum absolute atomic E-state index is 0.0252. The molecule has 3 aromatic rings. The number of anilines is 1. The molecule has 1 unspecified atom stereocenters. The number of nitrogens with one attached hydrogen (secondary N) is 1. The van der Waals surface area contributed by atoms with Crippen LogP contribution in [0.1, 0.15) is 12.8 Å². The predicted molar refractivity (Wildman–Crippen MR) is 107 cm³/mol. The Hall–Kier alpha value is -2.14. The minimum atomic E-state index is -3.88. The van der Waals surface area contributed by atoms with Crippen molar-refractivity contribution in [3.8, 4) is 10.6 Å². The van der Waals surface area contributed by atoms with E-state index >= 15 is 0 Å². The number of halogens is 1. The second-order valence-corrected chi connectivity index (χ2v) is 9.93. The number of benzene rings is 1. The van der Waals surface area contributed by atoms with E-state index in [2.05, 4.69) is 10.3 Å². The maximum atomic E-state index is 13.1. The maximum absolute atomic E-state index is 13.1. The van der Waals surface area contributed by atoms with Gasteiger partial charge >= 0.3 is 0 Å². The van der Waals surface area contributed by atoms with Gasteiger partial charge in [0, 0.05) is 11.9 Å². The highest BCUT2D eigenvalue weighted by Gasteiger charge is 2.39. The molecule has 0 radical (unpaired) electrons. The molecule has 28 heavy (non-hydrogen) atoms. The van der Waals surface area contributed by atoms with Crippen molar-refractivity contribution in [3.05, 3.63) is 53.0 Å². The van der Waals surface area contributed by atoms with Crippen molar-refractivity contribution in [1.82, 2.24) is 9.29 Å². The Morgan fingerprint density at radius 1 is 1.21 bits per heavy atom. The molecule has 4 rings (SSSR count). The summed E-state index contributed by atoms with van der Waals surface area (Å²) in [6.07, 6.45) is 1.01. The summed E-state index contributed by atoms with van der Waals surface area (Å²) in [6, 6.07) is 7.68. The van der Waals surface area contributed by atoms with Crippen LogP contribution in [0.4, 0.5) is 9.52 Å². The summed E-state index contributed by atoms with van der Waals surface area (Å²) < 4.78 is 40.1. The van der Waals surface area contributed by atoms with Crippen LogP contribution in [0.25, 0.3) is 10.6 Å². The number of rotatable bonds is 5. The molecular formula is C18H16FN3O3S3. The largest absolute Gasteiger partial charge is 0.301 e.